The summed E-state index contributed by atoms with van der Waals surface area (Å²) >= 11 is 0. The lowest BCUT2D eigenvalue weighted by Gasteiger charge is -2.22. The van der Waals surface area contributed by atoms with E-state index in [2.05, 4.69) is 0 Å². The first-order chi connectivity index (χ1) is 8.53. The molecule has 3 heteroatoms. The van der Waals surface area contributed by atoms with E-state index in [1.807, 2.05) is 38.1 Å². The fraction of sp³-hybridized carbons (Fsp3) is 0.533. The van der Waals surface area contributed by atoms with Crippen LogP contribution in [0.4, 0.5) is 0 Å². The summed E-state index contributed by atoms with van der Waals surface area (Å²) in [5, 5.41) is 0. The average molecular weight is 248 g/mol. The molecule has 0 fully saturated rings. The van der Waals surface area contributed by atoms with Crippen LogP contribution in [0, 0.1) is 0 Å². The summed E-state index contributed by atoms with van der Waals surface area (Å²) in [6.45, 7) is 4.48. The summed E-state index contributed by atoms with van der Waals surface area (Å²) in [7, 11) is 1.68. The monoisotopic (exact) mass is 248 g/mol. The summed E-state index contributed by atoms with van der Waals surface area (Å²) in [5.41, 5.74) is 0.784. The van der Waals surface area contributed by atoms with Gasteiger partial charge in [0.2, 0.25) is 0 Å². The quantitative estimate of drug-likeness (QED) is 0.803. The predicted molar refractivity (Wildman–Crippen MR) is 70.0 cm³/mol. The van der Waals surface area contributed by atoms with Gasteiger partial charge in [-0.1, -0.05) is 18.2 Å². The summed E-state index contributed by atoms with van der Waals surface area (Å²) < 4.78 is 10.9. The van der Waals surface area contributed by atoms with Crippen LogP contribution in [0.2, 0.25) is 0 Å². The zero-order valence-corrected chi connectivity index (χ0v) is 11.2. The molecule has 3 nitrogen and oxygen atoms in total. The van der Waals surface area contributed by atoms with Gasteiger partial charge in [-0.05, 0) is 26.3 Å². The molecule has 0 N–H and O–H groups in total. The van der Waals surface area contributed by atoms with Crippen molar-refractivity contribution in [2.75, 3.05) is 13.7 Å². The second kappa shape index (κ2) is 5.11. The van der Waals surface area contributed by atoms with Crippen molar-refractivity contribution in [2.45, 2.75) is 38.2 Å². The van der Waals surface area contributed by atoms with Gasteiger partial charge in [0, 0.05) is 19.1 Å². The third-order valence-electron chi connectivity index (χ3n) is 3.61. The van der Waals surface area contributed by atoms with Crippen molar-refractivity contribution in [2.24, 2.45) is 0 Å². The van der Waals surface area contributed by atoms with E-state index in [9.17, 15) is 4.79 Å². The topological polar surface area (TPSA) is 35.5 Å². The molecule has 1 aliphatic heterocycles. The lowest BCUT2D eigenvalue weighted by atomic mass is 9.91. The van der Waals surface area contributed by atoms with Gasteiger partial charge < -0.3 is 9.47 Å². The number of fused-ring (bicyclic) bond motifs is 1. The highest BCUT2D eigenvalue weighted by Crippen LogP contribution is 2.35. The van der Waals surface area contributed by atoms with Crippen molar-refractivity contribution >= 4 is 5.78 Å². The highest BCUT2D eigenvalue weighted by molar-refractivity contribution is 5.87. The van der Waals surface area contributed by atoms with Crippen molar-refractivity contribution in [3.63, 3.8) is 0 Å². The van der Waals surface area contributed by atoms with Gasteiger partial charge >= 0.3 is 0 Å². The molecule has 0 aromatic heterocycles. The zero-order chi connectivity index (χ0) is 13.2. The first-order valence-corrected chi connectivity index (χ1v) is 6.33. The van der Waals surface area contributed by atoms with Crippen molar-refractivity contribution in [1.29, 1.82) is 0 Å². The molecule has 1 aliphatic rings. The highest BCUT2D eigenvalue weighted by Gasteiger charge is 2.30. The van der Waals surface area contributed by atoms with E-state index in [4.69, 9.17) is 9.47 Å². The minimum atomic E-state index is -0.241. The fourth-order valence-electron chi connectivity index (χ4n) is 2.13. The lowest BCUT2D eigenvalue weighted by Crippen LogP contribution is -2.25. The van der Waals surface area contributed by atoms with Crippen LogP contribution in [0.1, 0.15) is 38.2 Å². The number of rotatable bonds is 5. The minimum Gasteiger partial charge on any atom is -0.492 e. The van der Waals surface area contributed by atoms with Crippen molar-refractivity contribution in [1.82, 2.24) is 0 Å². The van der Waals surface area contributed by atoms with Gasteiger partial charge in [-0.25, -0.2) is 0 Å². The van der Waals surface area contributed by atoms with Gasteiger partial charge in [-0.15, -0.1) is 0 Å². The van der Waals surface area contributed by atoms with Gasteiger partial charge in [0.1, 0.15) is 18.1 Å². The number of benzene rings is 1. The Morgan fingerprint density at radius 2 is 2.17 bits per heavy atom. The Kier molecular flexibility index (Phi) is 3.71. The van der Waals surface area contributed by atoms with E-state index in [1.54, 1.807) is 7.11 Å². The molecule has 1 heterocycles. The first-order valence-electron chi connectivity index (χ1n) is 6.33. The third kappa shape index (κ3) is 2.72. The molecular weight excluding hydrogens is 228 g/mol. The molecule has 18 heavy (non-hydrogen) atoms. The number of Topliss-reactive ketones (excluding diaryl/α,β-unsaturated/α-hetero) is 1. The summed E-state index contributed by atoms with van der Waals surface area (Å²) in [4.78, 5) is 12.2. The summed E-state index contributed by atoms with van der Waals surface area (Å²) in [6.07, 6.45) is 1.27. The Morgan fingerprint density at radius 1 is 1.44 bits per heavy atom. The average Bonchev–Trinajstić information content (AvgIpc) is 2.80. The van der Waals surface area contributed by atoms with Gasteiger partial charge in [0.15, 0.2) is 0 Å². The maximum atomic E-state index is 12.2. The SMILES string of the molecule is COC(C)(C)CCC(=O)C1COc2ccccc21. The Hall–Kier alpha value is -1.35. The zero-order valence-electron chi connectivity index (χ0n) is 11.2. The molecule has 1 unspecified atom stereocenters. The smallest absolute Gasteiger partial charge is 0.144 e. The molecular formula is C15H20O3. The molecule has 0 spiro atoms. The molecule has 98 valence electrons. The van der Waals surface area contributed by atoms with Gasteiger partial charge in [-0.3, -0.25) is 4.79 Å². The predicted octanol–water partition coefficient (Wildman–Crippen LogP) is 2.94. The normalized spacial score (nSPS) is 18.3. The van der Waals surface area contributed by atoms with Gasteiger partial charge in [0.05, 0.1) is 11.5 Å². The Labute approximate surface area is 108 Å². The van der Waals surface area contributed by atoms with Crippen molar-refractivity contribution in [3.8, 4) is 5.75 Å². The Bertz CT molecular complexity index is 437. The molecule has 0 bridgehead atoms. The van der Waals surface area contributed by atoms with Crippen LogP contribution in [0.3, 0.4) is 0 Å². The van der Waals surface area contributed by atoms with Crippen LogP contribution >= 0.6 is 0 Å². The van der Waals surface area contributed by atoms with E-state index in [-0.39, 0.29) is 17.3 Å². The second-order valence-electron chi connectivity index (χ2n) is 5.33. The molecule has 0 radical (unpaired) electrons. The van der Waals surface area contributed by atoms with Crippen molar-refractivity contribution in [3.05, 3.63) is 29.8 Å². The second-order valence-corrected chi connectivity index (χ2v) is 5.33. The standard InChI is InChI=1S/C15H20O3/c1-15(2,17-3)9-8-13(16)12-10-18-14-7-5-4-6-11(12)14/h4-7,12H,8-10H2,1-3H3. The lowest BCUT2D eigenvalue weighted by molar-refractivity contribution is -0.122. The number of carbonyl (C=O) groups excluding carboxylic acids is 1. The number of ketones is 1. The number of carbonyl (C=O) groups is 1. The maximum absolute atomic E-state index is 12.2. The molecule has 0 aliphatic carbocycles. The van der Waals surface area contributed by atoms with E-state index < -0.39 is 0 Å². The van der Waals surface area contributed by atoms with E-state index in [0.717, 1.165) is 17.7 Å². The van der Waals surface area contributed by atoms with Crippen LogP contribution in [-0.4, -0.2) is 25.1 Å². The summed E-state index contributed by atoms with van der Waals surface area (Å²) in [5.74, 6) is 0.987. The minimum absolute atomic E-state index is 0.103. The third-order valence-corrected chi connectivity index (χ3v) is 3.61. The summed E-state index contributed by atoms with van der Waals surface area (Å²) in [6, 6.07) is 7.78. The van der Waals surface area contributed by atoms with E-state index in [0.29, 0.717) is 13.0 Å². The van der Waals surface area contributed by atoms with Gasteiger partial charge in [-0.2, -0.15) is 0 Å². The number of ether oxygens (including phenoxy) is 2. The maximum Gasteiger partial charge on any atom is 0.144 e. The molecule has 1 aromatic rings. The Morgan fingerprint density at radius 3 is 2.89 bits per heavy atom. The Balaban J connectivity index is 2.00. The highest BCUT2D eigenvalue weighted by atomic mass is 16.5. The number of hydrogen-bond acceptors (Lipinski definition) is 3. The number of methoxy groups -OCH3 is 1. The first kappa shape index (κ1) is 13.1. The van der Waals surface area contributed by atoms with Crippen LogP contribution in [0.15, 0.2) is 24.3 Å². The van der Waals surface area contributed by atoms with E-state index >= 15 is 0 Å². The number of hydrogen-bond donors (Lipinski definition) is 0. The number of para-hydroxylation sites is 1. The fourth-order valence-corrected chi connectivity index (χ4v) is 2.13. The van der Waals surface area contributed by atoms with Crippen molar-refractivity contribution < 1.29 is 14.3 Å². The molecule has 0 saturated carbocycles. The van der Waals surface area contributed by atoms with E-state index in [1.165, 1.54) is 0 Å². The van der Waals surface area contributed by atoms with Crippen LogP contribution in [-0.2, 0) is 9.53 Å². The van der Waals surface area contributed by atoms with Crippen LogP contribution < -0.4 is 4.74 Å². The van der Waals surface area contributed by atoms with Crippen LogP contribution in [0.25, 0.3) is 0 Å². The molecule has 2 rings (SSSR count). The molecule has 1 atom stereocenters. The molecule has 0 saturated heterocycles. The molecule has 0 amide bonds. The molecule has 1 aromatic carbocycles. The largest absolute Gasteiger partial charge is 0.492 e. The van der Waals surface area contributed by atoms with Crippen LogP contribution in [0.5, 0.6) is 5.75 Å². The van der Waals surface area contributed by atoms with Gasteiger partial charge in [0.25, 0.3) is 0 Å².